The molecule has 1 aromatic heterocycles. The Morgan fingerprint density at radius 1 is 1.25 bits per heavy atom. The first-order chi connectivity index (χ1) is 11.7. The highest BCUT2D eigenvalue weighted by molar-refractivity contribution is 6.30. The standard InChI is InChI=1S/C19H18ClFN2O/c20-16-5-4-12(17(21)8-16)11-24-19-3-1-2-18(23-19)13-6-14-9-22-10-15(14)7-13/h1-6,8,14-15,22H,7,9-11H2. The van der Waals surface area contributed by atoms with Crippen LogP contribution in [0, 0.1) is 17.7 Å². The summed E-state index contributed by atoms with van der Waals surface area (Å²) in [6.45, 7) is 2.27. The molecule has 0 radical (unpaired) electrons. The van der Waals surface area contributed by atoms with Gasteiger partial charge < -0.3 is 10.1 Å². The SMILES string of the molecule is Fc1cc(Cl)ccc1COc1cccc(C2=CC3CNCC3C2)n1. The number of rotatable bonds is 4. The third-order valence-corrected chi connectivity index (χ3v) is 4.97. The second kappa shape index (κ2) is 6.54. The molecule has 4 rings (SSSR count). The van der Waals surface area contributed by atoms with Gasteiger partial charge in [0.15, 0.2) is 0 Å². The molecule has 1 fully saturated rings. The number of pyridine rings is 1. The smallest absolute Gasteiger partial charge is 0.214 e. The Hall–Kier alpha value is -1.91. The summed E-state index contributed by atoms with van der Waals surface area (Å²) in [5.41, 5.74) is 2.71. The van der Waals surface area contributed by atoms with Gasteiger partial charge in [0.25, 0.3) is 0 Å². The molecule has 24 heavy (non-hydrogen) atoms. The fourth-order valence-corrected chi connectivity index (χ4v) is 3.59. The molecule has 0 spiro atoms. The molecular formula is C19H18ClFN2O. The molecule has 1 aliphatic heterocycles. The third kappa shape index (κ3) is 3.17. The van der Waals surface area contributed by atoms with Crippen LogP contribution in [0.1, 0.15) is 17.7 Å². The second-order valence-corrected chi connectivity index (χ2v) is 6.80. The normalized spacial score (nSPS) is 22.3. The zero-order chi connectivity index (χ0) is 16.5. The molecule has 2 aromatic rings. The van der Waals surface area contributed by atoms with E-state index in [1.54, 1.807) is 18.2 Å². The van der Waals surface area contributed by atoms with Gasteiger partial charge in [-0.25, -0.2) is 9.37 Å². The lowest BCUT2D eigenvalue weighted by molar-refractivity contribution is 0.288. The highest BCUT2D eigenvalue weighted by atomic mass is 35.5. The zero-order valence-electron chi connectivity index (χ0n) is 13.1. The lowest BCUT2D eigenvalue weighted by atomic mass is 9.99. The number of benzene rings is 1. The van der Waals surface area contributed by atoms with Crippen LogP contribution in [0.2, 0.25) is 5.02 Å². The molecule has 1 N–H and O–H groups in total. The number of hydrogen-bond acceptors (Lipinski definition) is 3. The van der Waals surface area contributed by atoms with Gasteiger partial charge >= 0.3 is 0 Å². The van der Waals surface area contributed by atoms with Crippen LogP contribution >= 0.6 is 11.6 Å². The van der Waals surface area contributed by atoms with Crippen molar-refractivity contribution in [1.29, 1.82) is 0 Å². The molecule has 1 aromatic carbocycles. The Labute approximate surface area is 145 Å². The van der Waals surface area contributed by atoms with E-state index < -0.39 is 0 Å². The molecule has 2 heterocycles. The highest BCUT2D eigenvalue weighted by Gasteiger charge is 2.32. The molecule has 124 valence electrons. The maximum Gasteiger partial charge on any atom is 0.214 e. The monoisotopic (exact) mass is 344 g/mol. The van der Waals surface area contributed by atoms with Crippen LogP contribution in [0.4, 0.5) is 4.39 Å². The Balaban J connectivity index is 1.47. The van der Waals surface area contributed by atoms with Crippen molar-refractivity contribution in [2.24, 2.45) is 11.8 Å². The van der Waals surface area contributed by atoms with Gasteiger partial charge in [0.1, 0.15) is 12.4 Å². The number of nitrogens with zero attached hydrogens (tertiary/aromatic N) is 1. The van der Waals surface area contributed by atoms with Crippen LogP contribution < -0.4 is 10.1 Å². The van der Waals surface area contributed by atoms with Gasteiger partial charge in [-0.2, -0.15) is 0 Å². The molecule has 0 bridgehead atoms. The van der Waals surface area contributed by atoms with E-state index in [9.17, 15) is 4.39 Å². The summed E-state index contributed by atoms with van der Waals surface area (Å²) in [6.07, 6.45) is 3.38. The molecule has 1 saturated heterocycles. The van der Waals surface area contributed by atoms with Crippen molar-refractivity contribution >= 4 is 17.2 Å². The minimum absolute atomic E-state index is 0.133. The molecule has 2 aliphatic rings. The van der Waals surface area contributed by atoms with E-state index in [0.717, 1.165) is 25.2 Å². The van der Waals surface area contributed by atoms with E-state index in [4.69, 9.17) is 16.3 Å². The van der Waals surface area contributed by atoms with E-state index in [2.05, 4.69) is 16.4 Å². The molecule has 0 saturated carbocycles. The Kier molecular flexibility index (Phi) is 4.25. The molecule has 5 heteroatoms. The molecular weight excluding hydrogens is 327 g/mol. The average molecular weight is 345 g/mol. The van der Waals surface area contributed by atoms with Gasteiger partial charge in [-0.05, 0) is 48.6 Å². The van der Waals surface area contributed by atoms with E-state index >= 15 is 0 Å². The summed E-state index contributed by atoms with van der Waals surface area (Å²) in [7, 11) is 0. The van der Waals surface area contributed by atoms with Crippen LogP contribution in [0.25, 0.3) is 5.57 Å². The summed E-state index contributed by atoms with van der Waals surface area (Å²) in [6, 6.07) is 10.3. The van der Waals surface area contributed by atoms with Gasteiger partial charge in [-0.15, -0.1) is 0 Å². The van der Waals surface area contributed by atoms with Crippen molar-refractivity contribution in [2.45, 2.75) is 13.0 Å². The van der Waals surface area contributed by atoms with Gasteiger partial charge in [0, 0.05) is 23.2 Å². The molecule has 1 aliphatic carbocycles. The van der Waals surface area contributed by atoms with Crippen molar-refractivity contribution in [2.75, 3.05) is 13.1 Å². The van der Waals surface area contributed by atoms with Crippen molar-refractivity contribution < 1.29 is 9.13 Å². The molecule has 3 nitrogen and oxygen atoms in total. The fourth-order valence-electron chi connectivity index (χ4n) is 3.44. The fraction of sp³-hybridized carbons (Fsp3) is 0.316. The predicted molar refractivity (Wildman–Crippen MR) is 92.4 cm³/mol. The number of fused-ring (bicyclic) bond motifs is 1. The number of allylic oxidation sites excluding steroid dienone is 1. The van der Waals surface area contributed by atoms with Crippen LogP contribution in [-0.2, 0) is 6.61 Å². The summed E-state index contributed by atoms with van der Waals surface area (Å²) in [5.74, 6) is 1.46. The predicted octanol–water partition coefficient (Wildman–Crippen LogP) is 4.08. The first-order valence-electron chi connectivity index (χ1n) is 8.14. The van der Waals surface area contributed by atoms with E-state index in [1.165, 1.54) is 11.6 Å². The molecule has 2 unspecified atom stereocenters. The van der Waals surface area contributed by atoms with E-state index in [0.29, 0.717) is 28.3 Å². The lowest BCUT2D eigenvalue weighted by Crippen LogP contribution is -2.09. The van der Waals surface area contributed by atoms with Crippen LogP contribution in [0.15, 0.2) is 42.5 Å². The summed E-state index contributed by atoms with van der Waals surface area (Å²) < 4.78 is 19.5. The second-order valence-electron chi connectivity index (χ2n) is 6.36. The van der Waals surface area contributed by atoms with Gasteiger partial charge in [0.05, 0.1) is 5.69 Å². The van der Waals surface area contributed by atoms with Crippen molar-refractivity contribution in [3.8, 4) is 5.88 Å². The molecule has 0 amide bonds. The van der Waals surface area contributed by atoms with Gasteiger partial charge in [0.2, 0.25) is 5.88 Å². The van der Waals surface area contributed by atoms with E-state index in [1.807, 2.05) is 12.1 Å². The quantitative estimate of drug-likeness (QED) is 0.907. The summed E-state index contributed by atoms with van der Waals surface area (Å²) >= 11 is 5.76. The first-order valence-corrected chi connectivity index (χ1v) is 8.52. The van der Waals surface area contributed by atoms with Crippen LogP contribution in [-0.4, -0.2) is 18.1 Å². The highest BCUT2D eigenvalue weighted by Crippen LogP contribution is 2.37. The number of halogens is 2. The van der Waals surface area contributed by atoms with E-state index in [-0.39, 0.29) is 12.4 Å². The first kappa shape index (κ1) is 15.6. The third-order valence-electron chi connectivity index (χ3n) is 4.73. The van der Waals surface area contributed by atoms with Crippen LogP contribution in [0.3, 0.4) is 0 Å². The summed E-state index contributed by atoms with van der Waals surface area (Å²) in [4.78, 5) is 4.58. The Morgan fingerprint density at radius 3 is 3.00 bits per heavy atom. The number of hydrogen-bond donors (Lipinski definition) is 1. The van der Waals surface area contributed by atoms with Gasteiger partial charge in [-0.1, -0.05) is 29.8 Å². The van der Waals surface area contributed by atoms with Crippen LogP contribution in [0.5, 0.6) is 5.88 Å². The number of ether oxygens (including phenoxy) is 1. The summed E-state index contributed by atoms with van der Waals surface area (Å²) in [5, 5.41) is 3.80. The minimum Gasteiger partial charge on any atom is -0.473 e. The number of nitrogens with one attached hydrogen (secondary N) is 1. The zero-order valence-corrected chi connectivity index (χ0v) is 13.9. The average Bonchev–Trinajstić information content (AvgIpc) is 3.16. The molecule has 2 atom stereocenters. The van der Waals surface area contributed by atoms with Gasteiger partial charge in [-0.3, -0.25) is 0 Å². The Bertz CT molecular complexity index is 793. The van der Waals surface area contributed by atoms with Crippen molar-refractivity contribution in [3.05, 3.63) is 64.6 Å². The Morgan fingerprint density at radius 2 is 2.17 bits per heavy atom. The van der Waals surface area contributed by atoms with Crippen molar-refractivity contribution in [1.82, 2.24) is 10.3 Å². The maximum atomic E-state index is 13.8. The topological polar surface area (TPSA) is 34.1 Å². The van der Waals surface area contributed by atoms with Crippen molar-refractivity contribution in [3.63, 3.8) is 0 Å². The lowest BCUT2D eigenvalue weighted by Gasteiger charge is -2.09. The number of aromatic nitrogens is 1. The minimum atomic E-state index is -0.363. The largest absolute Gasteiger partial charge is 0.473 e. The maximum absolute atomic E-state index is 13.8.